The maximum absolute atomic E-state index is 12.8. The Morgan fingerprint density at radius 2 is 1.85 bits per heavy atom. The Balaban J connectivity index is 1.28. The zero-order valence-corrected chi connectivity index (χ0v) is 15.6. The molecule has 1 N–H and O–H groups in total. The van der Waals surface area contributed by atoms with Gasteiger partial charge in [0.15, 0.2) is 0 Å². The van der Waals surface area contributed by atoms with Gasteiger partial charge in [0, 0.05) is 19.6 Å². The summed E-state index contributed by atoms with van der Waals surface area (Å²) in [5.41, 5.74) is 3.54. The van der Waals surface area contributed by atoms with Crippen LogP contribution < -0.4 is 5.32 Å². The summed E-state index contributed by atoms with van der Waals surface area (Å²) in [6.45, 7) is 6.10. The molecule has 3 nitrogen and oxygen atoms in total. The topological polar surface area (TPSA) is 32.3 Å². The molecule has 1 aliphatic carbocycles. The van der Waals surface area contributed by atoms with Gasteiger partial charge in [-0.3, -0.25) is 9.69 Å². The Morgan fingerprint density at radius 3 is 2.54 bits per heavy atom. The Hall–Kier alpha value is -2.13. The summed E-state index contributed by atoms with van der Waals surface area (Å²) < 4.78 is 0. The Kier molecular flexibility index (Phi) is 4.82. The van der Waals surface area contributed by atoms with Crippen LogP contribution in [0.5, 0.6) is 0 Å². The molecule has 1 atom stereocenters. The van der Waals surface area contributed by atoms with Crippen LogP contribution in [0.4, 0.5) is 0 Å². The van der Waals surface area contributed by atoms with Crippen LogP contribution in [0.1, 0.15) is 36.0 Å². The summed E-state index contributed by atoms with van der Waals surface area (Å²) in [5.74, 6) is 0.791. The number of aryl methyl sites for hydroxylation is 1. The molecule has 0 unspecified atom stereocenters. The smallest absolute Gasteiger partial charge is 0.230 e. The van der Waals surface area contributed by atoms with Crippen molar-refractivity contribution >= 4 is 5.91 Å². The predicted molar refractivity (Wildman–Crippen MR) is 105 cm³/mol. The first kappa shape index (κ1) is 17.3. The zero-order valence-electron chi connectivity index (χ0n) is 15.6. The SMILES string of the molecule is Cc1ccc(C2(C(=O)NC[C@@H]3CCN(Cc4ccccc4)C3)CC2)cc1. The van der Waals surface area contributed by atoms with Crippen LogP contribution in [0, 0.1) is 12.8 Å². The van der Waals surface area contributed by atoms with Crippen molar-refractivity contribution in [3.8, 4) is 0 Å². The maximum atomic E-state index is 12.8. The van der Waals surface area contributed by atoms with Crippen molar-refractivity contribution < 1.29 is 4.79 Å². The van der Waals surface area contributed by atoms with E-state index in [1.54, 1.807) is 0 Å². The highest BCUT2D eigenvalue weighted by Crippen LogP contribution is 2.48. The highest BCUT2D eigenvalue weighted by Gasteiger charge is 2.51. The van der Waals surface area contributed by atoms with Crippen LogP contribution in [0.15, 0.2) is 54.6 Å². The van der Waals surface area contributed by atoms with E-state index in [0.29, 0.717) is 5.92 Å². The van der Waals surface area contributed by atoms with Crippen molar-refractivity contribution in [3.63, 3.8) is 0 Å². The molecule has 1 heterocycles. The van der Waals surface area contributed by atoms with E-state index in [4.69, 9.17) is 0 Å². The second-order valence-electron chi connectivity index (χ2n) is 8.03. The molecular weight excluding hydrogens is 320 g/mol. The summed E-state index contributed by atoms with van der Waals surface area (Å²) in [6, 6.07) is 19.1. The fourth-order valence-electron chi connectivity index (χ4n) is 4.12. The van der Waals surface area contributed by atoms with E-state index < -0.39 is 0 Å². The summed E-state index contributed by atoms with van der Waals surface area (Å²) in [5, 5.41) is 3.26. The number of likely N-dealkylation sites (tertiary alicyclic amines) is 1. The van der Waals surface area contributed by atoms with E-state index in [0.717, 1.165) is 39.0 Å². The summed E-state index contributed by atoms with van der Waals surface area (Å²) in [7, 11) is 0. The second kappa shape index (κ2) is 7.24. The lowest BCUT2D eigenvalue weighted by Crippen LogP contribution is -2.38. The molecule has 0 radical (unpaired) electrons. The first-order valence-electron chi connectivity index (χ1n) is 9.77. The average Bonchev–Trinajstić information content (AvgIpc) is 3.36. The molecule has 3 heteroatoms. The molecule has 1 aliphatic heterocycles. The van der Waals surface area contributed by atoms with Crippen molar-refractivity contribution in [2.75, 3.05) is 19.6 Å². The number of amides is 1. The van der Waals surface area contributed by atoms with Gasteiger partial charge < -0.3 is 5.32 Å². The van der Waals surface area contributed by atoms with Gasteiger partial charge in [0.1, 0.15) is 0 Å². The summed E-state index contributed by atoms with van der Waals surface area (Å²) in [4.78, 5) is 15.3. The number of carbonyl (C=O) groups excluding carboxylic acids is 1. The van der Waals surface area contributed by atoms with Crippen LogP contribution in [0.25, 0.3) is 0 Å². The lowest BCUT2D eigenvalue weighted by molar-refractivity contribution is -0.123. The van der Waals surface area contributed by atoms with Crippen LogP contribution >= 0.6 is 0 Å². The van der Waals surface area contributed by atoms with Crippen LogP contribution in [0.3, 0.4) is 0 Å². The number of nitrogens with zero attached hydrogens (tertiary/aromatic N) is 1. The third kappa shape index (κ3) is 3.68. The van der Waals surface area contributed by atoms with E-state index >= 15 is 0 Å². The number of carbonyl (C=O) groups is 1. The molecule has 1 amide bonds. The minimum atomic E-state index is -0.254. The summed E-state index contributed by atoms with van der Waals surface area (Å²) in [6.07, 6.45) is 3.13. The van der Waals surface area contributed by atoms with Crippen molar-refractivity contribution in [2.24, 2.45) is 5.92 Å². The van der Waals surface area contributed by atoms with Gasteiger partial charge in [0.25, 0.3) is 0 Å². The molecule has 0 aromatic heterocycles. The Labute approximate surface area is 156 Å². The van der Waals surface area contributed by atoms with Crippen LogP contribution in [0.2, 0.25) is 0 Å². The van der Waals surface area contributed by atoms with Crippen molar-refractivity contribution in [1.82, 2.24) is 10.2 Å². The number of benzene rings is 2. The van der Waals surface area contributed by atoms with E-state index in [1.807, 2.05) is 0 Å². The molecule has 136 valence electrons. The number of rotatable bonds is 6. The largest absolute Gasteiger partial charge is 0.355 e. The molecular formula is C23H28N2O. The Bertz CT molecular complexity index is 750. The fourth-order valence-corrected chi connectivity index (χ4v) is 4.12. The molecule has 2 fully saturated rings. The molecule has 1 saturated heterocycles. The first-order valence-corrected chi connectivity index (χ1v) is 9.77. The van der Waals surface area contributed by atoms with Gasteiger partial charge in [-0.15, -0.1) is 0 Å². The van der Waals surface area contributed by atoms with Gasteiger partial charge in [0.05, 0.1) is 5.41 Å². The van der Waals surface area contributed by atoms with Gasteiger partial charge in [-0.1, -0.05) is 60.2 Å². The molecule has 2 aliphatic rings. The van der Waals surface area contributed by atoms with E-state index in [9.17, 15) is 4.79 Å². The highest BCUT2D eigenvalue weighted by molar-refractivity contribution is 5.91. The van der Waals surface area contributed by atoms with E-state index in [1.165, 1.54) is 23.1 Å². The second-order valence-corrected chi connectivity index (χ2v) is 8.03. The summed E-state index contributed by atoms with van der Waals surface area (Å²) >= 11 is 0. The molecule has 26 heavy (non-hydrogen) atoms. The number of hydrogen-bond donors (Lipinski definition) is 1. The van der Waals surface area contributed by atoms with Crippen molar-refractivity contribution in [3.05, 3.63) is 71.3 Å². The Morgan fingerprint density at radius 1 is 1.12 bits per heavy atom. The van der Waals surface area contributed by atoms with Gasteiger partial charge >= 0.3 is 0 Å². The van der Waals surface area contributed by atoms with Crippen molar-refractivity contribution in [2.45, 2.75) is 38.1 Å². The van der Waals surface area contributed by atoms with E-state index in [2.05, 4.69) is 71.7 Å². The zero-order chi connectivity index (χ0) is 18.0. The van der Waals surface area contributed by atoms with Gasteiger partial charge in [-0.2, -0.15) is 0 Å². The third-order valence-corrected chi connectivity index (χ3v) is 5.96. The number of nitrogens with one attached hydrogen (secondary N) is 1. The minimum absolute atomic E-state index is 0.225. The molecule has 0 bridgehead atoms. The van der Waals surface area contributed by atoms with Crippen LogP contribution in [-0.4, -0.2) is 30.4 Å². The molecule has 0 spiro atoms. The normalized spacial score (nSPS) is 21.5. The van der Waals surface area contributed by atoms with Gasteiger partial charge in [-0.25, -0.2) is 0 Å². The quantitative estimate of drug-likeness (QED) is 0.864. The number of hydrogen-bond acceptors (Lipinski definition) is 2. The van der Waals surface area contributed by atoms with Crippen molar-refractivity contribution in [1.29, 1.82) is 0 Å². The van der Waals surface area contributed by atoms with E-state index in [-0.39, 0.29) is 11.3 Å². The third-order valence-electron chi connectivity index (χ3n) is 5.96. The van der Waals surface area contributed by atoms with Crippen LogP contribution in [-0.2, 0) is 16.8 Å². The molecule has 4 rings (SSSR count). The molecule has 1 saturated carbocycles. The average molecular weight is 348 g/mol. The first-order chi connectivity index (χ1) is 12.7. The van der Waals surface area contributed by atoms with Gasteiger partial charge in [-0.05, 0) is 49.8 Å². The fraction of sp³-hybridized carbons (Fsp3) is 0.435. The van der Waals surface area contributed by atoms with Gasteiger partial charge in [0.2, 0.25) is 5.91 Å². The lowest BCUT2D eigenvalue weighted by atomic mass is 9.94. The molecule has 2 aromatic rings. The lowest BCUT2D eigenvalue weighted by Gasteiger charge is -2.19. The predicted octanol–water partition coefficient (Wildman–Crippen LogP) is 3.66. The highest BCUT2D eigenvalue weighted by atomic mass is 16.2. The molecule has 2 aromatic carbocycles. The standard InChI is InChI=1S/C23H28N2O/c1-18-7-9-21(10-8-18)23(12-13-23)22(26)24-15-20-11-14-25(17-20)16-19-5-3-2-4-6-19/h2-10,20H,11-17H2,1H3,(H,24,26)/t20-/m0/s1. The minimum Gasteiger partial charge on any atom is -0.355 e. The monoisotopic (exact) mass is 348 g/mol. The maximum Gasteiger partial charge on any atom is 0.230 e.